The minimum absolute atomic E-state index is 0.00304. The number of aryl methyl sites for hydroxylation is 1. The van der Waals surface area contributed by atoms with E-state index in [4.69, 9.17) is 9.94 Å². The lowest BCUT2D eigenvalue weighted by Gasteiger charge is -2.19. The van der Waals surface area contributed by atoms with Crippen molar-refractivity contribution < 1.29 is 18.4 Å². The summed E-state index contributed by atoms with van der Waals surface area (Å²) >= 11 is 0. The lowest BCUT2D eigenvalue weighted by molar-refractivity contribution is 0.318. The fourth-order valence-electron chi connectivity index (χ4n) is 2.22. The Kier molecular flexibility index (Phi) is 4.27. The van der Waals surface area contributed by atoms with E-state index in [1.807, 2.05) is 12.1 Å². The van der Waals surface area contributed by atoms with Crippen LogP contribution in [0.1, 0.15) is 38.3 Å². The number of ether oxygens (including phenoxy) is 1. The smallest absolute Gasteiger partial charge is 0.158 e. The van der Waals surface area contributed by atoms with Crippen LogP contribution in [0, 0.1) is 0 Å². The van der Waals surface area contributed by atoms with Crippen LogP contribution in [0.15, 0.2) is 23.4 Å². The van der Waals surface area contributed by atoms with Crippen LogP contribution in [0.25, 0.3) is 0 Å². The molecule has 1 aliphatic carbocycles. The van der Waals surface area contributed by atoms with Gasteiger partial charge in [-0.2, -0.15) is 0 Å². The van der Waals surface area contributed by atoms with Gasteiger partial charge in [0.1, 0.15) is 12.4 Å². The fraction of sp³-hybridized carbons (Fsp3) is 0.533. The summed E-state index contributed by atoms with van der Waals surface area (Å²) in [5.41, 5.74) is 2.69. The molecule has 2 rings (SSSR count). The number of hydrogen-bond acceptors (Lipinski definition) is 5. The highest BCUT2D eigenvalue weighted by atomic mass is 32.2. The average Bonchev–Trinajstić information content (AvgIpc) is 2.79. The Labute approximate surface area is 125 Å². The molecule has 1 aliphatic rings. The molecule has 0 bridgehead atoms. The molecule has 1 N–H and O–H groups in total. The van der Waals surface area contributed by atoms with Gasteiger partial charge in [0.25, 0.3) is 0 Å². The van der Waals surface area contributed by atoms with Crippen molar-refractivity contribution in [2.45, 2.75) is 38.4 Å². The first kappa shape index (κ1) is 15.8. The fourth-order valence-corrected chi connectivity index (χ4v) is 3.13. The monoisotopic (exact) mass is 311 g/mol. The molecule has 0 aromatic heterocycles. The Balaban J connectivity index is 2.00. The second-order valence-corrected chi connectivity index (χ2v) is 9.01. The van der Waals surface area contributed by atoms with E-state index < -0.39 is 14.6 Å². The third-order valence-corrected chi connectivity index (χ3v) is 6.26. The van der Waals surface area contributed by atoms with E-state index in [9.17, 15) is 8.42 Å². The van der Waals surface area contributed by atoms with Gasteiger partial charge in [-0.1, -0.05) is 5.16 Å². The predicted octanol–water partition coefficient (Wildman–Crippen LogP) is 2.40. The molecular weight excluding hydrogens is 290 g/mol. The summed E-state index contributed by atoms with van der Waals surface area (Å²) in [6, 6.07) is 5.52. The van der Waals surface area contributed by atoms with E-state index in [2.05, 4.69) is 5.16 Å². The molecule has 0 amide bonds. The molecule has 0 radical (unpaired) electrons. The Hall–Kier alpha value is -1.56. The molecule has 0 unspecified atom stereocenters. The number of nitrogens with zero attached hydrogens (tertiary/aromatic N) is 1. The second kappa shape index (κ2) is 5.67. The second-order valence-electron chi connectivity index (χ2n) is 6.15. The van der Waals surface area contributed by atoms with Crippen LogP contribution in [-0.2, 0) is 16.3 Å². The van der Waals surface area contributed by atoms with Crippen molar-refractivity contribution in [1.29, 1.82) is 0 Å². The minimum atomic E-state index is -3.17. The zero-order chi connectivity index (χ0) is 15.7. The molecule has 0 spiro atoms. The van der Waals surface area contributed by atoms with Crippen molar-refractivity contribution >= 4 is 15.5 Å². The lowest BCUT2D eigenvalue weighted by Crippen LogP contribution is -2.32. The van der Waals surface area contributed by atoms with Crippen molar-refractivity contribution in [3.05, 3.63) is 29.3 Å². The molecule has 21 heavy (non-hydrogen) atoms. The van der Waals surface area contributed by atoms with Crippen LogP contribution < -0.4 is 4.74 Å². The number of hydrogen-bond donors (Lipinski definition) is 1. The SMILES string of the molecule is CC(C)(C)S(=O)(=O)CCOc1ccc2c(c1)CC/C2=N\O. The third-order valence-electron chi connectivity index (χ3n) is 3.69. The molecule has 0 saturated heterocycles. The average molecular weight is 311 g/mol. The summed E-state index contributed by atoms with van der Waals surface area (Å²) < 4.78 is 28.8. The number of fused-ring (bicyclic) bond motifs is 1. The first-order valence-electron chi connectivity index (χ1n) is 6.94. The zero-order valence-electron chi connectivity index (χ0n) is 12.6. The highest BCUT2D eigenvalue weighted by molar-refractivity contribution is 7.92. The molecule has 5 nitrogen and oxygen atoms in total. The molecular formula is C15H21NO4S. The van der Waals surface area contributed by atoms with Gasteiger partial charge in [0, 0.05) is 5.56 Å². The first-order valence-corrected chi connectivity index (χ1v) is 8.59. The Morgan fingerprint density at radius 3 is 2.62 bits per heavy atom. The van der Waals surface area contributed by atoms with Crippen molar-refractivity contribution in [3.63, 3.8) is 0 Å². The maximum absolute atomic E-state index is 12.0. The minimum Gasteiger partial charge on any atom is -0.493 e. The summed E-state index contributed by atoms with van der Waals surface area (Å²) in [7, 11) is -3.17. The lowest BCUT2D eigenvalue weighted by atomic mass is 10.1. The molecule has 0 aliphatic heterocycles. The van der Waals surface area contributed by atoms with E-state index in [1.54, 1.807) is 26.8 Å². The van der Waals surface area contributed by atoms with Gasteiger partial charge in [-0.25, -0.2) is 8.42 Å². The van der Waals surface area contributed by atoms with E-state index in [-0.39, 0.29) is 12.4 Å². The van der Waals surface area contributed by atoms with Crippen LogP contribution >= 0.6 is 0 Å². The highest BCUT2D eigenvalue weighted by Crippen LogP contribution is 2.27. The molecule has 116 valence electrons. The Morgan fingerprint density at radius 1 is 1.29 bits per heavy atom. The van der Waals surface area contributed by atoms with Crippen molar-refractivity contribution in [1.82, 2.24) is 0 Å². The molecule has 1 aromatic rings. The third kappa shape index (κ3) is 3.37. The van der Waals surface area contributed by atoms with E-state index in [0.29, 0.717) is 17.9 Å². The standard InChI is InChI=1S/C15H21NO4S/c1-15(2,3)21(18,19)9-8-20-12-5-6-13-11(10-12)4-7-14(13)16-17/h5-6,10,17H,4,7-9H2,1-3H3/b16-14+. The number of oxime groups is 1. The zero-order valence-corrected chi connectivity index (χ0v) is 13.4. The van der Waals surface area contributed by atoms with Gasteiger partial charge in [-0.3, -0.25) is 0 Å². The Morgan fingerprint density at radius 2 is 2.00 bits per heavy atom. The van der Waals surface area contributed by atoms with E-state index in [0.717, 1.165) is 17.5 Å². The molecule has 0 saturated carbocycles. The summed E-state index contributed by atoms with van der Waals surface area (Å²) in [6.07, 6.45) is 1.53. The van der Waals surface area contributed by atoms with Gasteiger partial charge < -0.3 is 9.94 Å². The molecule has 0 fully saturated rings. The van der Waals surface area contributed by atoms with Gasteiger partial charge in [-0.05, 0) is 57.4 Å². The summed E-state index contributed by atoms with van der Waals surface area (Å²) in [5, 5.41) is 12.2. The summed E-state index contributed by atoms with van der Waals surface area (Å²) in [5.74, 6) is 0.647. The van der Waals surface area contributed by atoms with Gasteiger partial charge in [0.05, 0.1) is 16.2 Å². The Bertz CT molecular complexity index is 657. The van der Waals surface area contributed by atoms with Crippen LogP contribution in [0.5, 0.6) is 5.75 Å². The maximum atomic E-state index is 12.0. The molecule has 0 heterocycles. The number of rotatable bonds is 4. The summed E-state index contributed by atoms with van der Waals surface area (Å²) in [4.78, 5) is 0. The largest absolute Gasteiger partial charge is 0.493 e. The first-order chi connectivity index (χ1) is 9.74. The van der Waals surface area contributed by atoms with Crippen LogP contribution in [0.3, 0.4) is 0 Å². The highest BCUT2D eigenvalue weighted by Gasteiger charge is 2.28. The van der Waals surface area contributed by atoms with Crippen molar-refractivity contribution in [2.75, 3.05) is 12.4 Å². The number of sulfone groups is 1. The van der Waals surface area contributed by atoms with E-state index in [1.165, 1.54) is 0 Å². The topological polar surface area (TPSA) is 76.0 Å². The van der Waals surface area contributed by atoms with Gasteiger partial charge in [0.2, 0.25) is 0 Å². The maximum Gasteiger partial charge on any atom is 0.158 e. The van der Waals surface area contributed by atoms with Crippen molar-refractivity contribution in [2.24, 2.45) is 5.16 Å². The number of benzene rings is 1. The van der Waals surface area contributed by atoms with Gasteiger partial charge >= 0.3 is 0 Å². The van der Waals surface area contributed by atoms with Gasteiger partial charge in [-0.15, -0.1) is 0 Å². The molecule has 6 heteroatoms. The summed E-state index contributed by atoms with van der Waals surface area (Å²) in [6.45, 7) is 5.20. The van der Waals surface area contributed by atoms with Crippen LogP contribution in [-0.4, -0.2) is 36.4 Å². The van der Waals surface area contributed by atoms with Crippen LogP contribution in [0.4, 0.5) is 0 Å². The molecule has 1 aromatic carbocycles. The van der Waals surface area contributed by atoms with Crippen molar-refractivity contribution in [3.8, 4) is 5.75 Å². The van der Waals surface area contributed by atoms with E-state index >= 15 is 0 Å². The predicted molar refractivity (Wildman–Crippen MR) is 82.1 cm³/mol. The molecule has 0 atom stereocenters. The normalized spacial score (nSPS) is 17.0. The van der Waals surface area contributed by atoms with Crippen LogP contribution in [0.2, 0.25) is 0 Å². The van der Waals surface area contributed by atoms with Gasteiger partial charge in [0.15, 0.2) is 9.84 Å². The quantitative estimate of drug-likeness (QED) is 0.684.